The molecular weight excluding hydrogens is 220 g/mol. The Bertz CT molecular complexity index is 250. The molecule has 0 amide bonds. The molecule has 0 saturated carbocycles. The summed E-state index contributed by atoms with van der Waals surface area (Å²) in [5.41, 5.74) is 0.986. The molecule has 0 heterocycles. The minimum absolute atomic E-state index is 0.401. The van der Waals surface area contributed by atoms with E-state index in [9.17, 15) is 5.11 Å². The molecule has 0 saturated heterocycles. The molecule has 0 spiro atoms. The monoisotopic (exact) mass is 229 g/mol. The van der Waals surface area contributed by atoms with Crippen molar-refractivity contribution in [2.75, 3.05) is 7.11 Å². The fourth-order valence-corrected chi connectivity index (χ4v) is 1.37. The van der Waals surface area contributed by atoms with Gasteiger partial charge in [-0.15, -0.1) is 0 Å². The number of ether oxygens (including phenoxy) is 1. The van der Waals surface area contributed by atoms with E-state index in [4.69, 9.17) is 0 Å². The van der Waals surface area contributed by atoms with Crippen molar-refractivity contribution in [3.63, 3.8) is 0 Å². The third-order valence-electron chi connectivity index (χ3n) is 1.61. The van der Waals surface area contributed by atoms with E-state index in [0.29, 0.717) is 6.42 Å². The van der Waals surface area contributed by atoms with E-state index >= 15 is 0 Å². The molecule has 0 aliphatic rings. The first-order chi connectivity index (χ1) is 5.74. The zero-order chi connectivity index (χ0) is 8.97. The molecule has 1 unspecified atom stereocenters. The van der Waals surface area contributed by atoms with Gasteiger partial charge in [-0.3, -0.25) is 0 Å². The third kappa shape index (κ3) is 2.59. The van der Waals surface area contributed by atoms with Crippen LogP contribution < -0.4 is 0 Å². The Morgan fingerprint density at radius 1 is 1.50 bits per heavy atom. The Balaban J connectivity index is 2.69. The standard InChI is InChI=1S/C9H10BrO2/c1-12-9(11)6-7-4-2-3-5-8(7)10/h2-5,9H,6H2,1H3. The fourth-order valence-electron chi connectivity index (χ4n) is 0.927. The molecular formula is C9H10BrO2. The summed E-state index contributed by atoms with van der Waals surface area (Å²) in [5.74, 6) is 0. The maximum atomic E-state index is 11.0. The number of hydrogen-bond donors (Lipinski definition) is 0. The lowest BCUT2D eigenvalue weighted by Crippen LogP contribution is -2.10. The summed E-state index contributed by atoms with van der Waals surface area (Å²) in [5, 5.41) is 11.0. The van der Waals surface area contributed by atoms with Gasteiger partial charge in [-0.05, 0) is 11.6 Å². The van der Waals surface area contributed by atoms with Gasteiger partial charge in [0.1, 0.15) is 0 Å². The van der Waals surface area contributed by atoms with Crippen LogP contribution in [-0.2, 0) is 16.3 Å². The molecule has 1 atom stereocenters. The summed E-state index contributed by atoms with van der Waals surface area (Å²) in [6.07, 6.45) is -0.568. The zero-order valence-corrected chi connectivity index (χ0v) is 8.37. The normalized spacial score (nSPS) is 12.9. The van der Waals surface area contributed by atoms with Crippen LogP contribution in [0.25, 0.3) is 0 Å². The van der Waals surface area contributed by atoms with Crippen LogP contribution in [0.3, 0.4) is 0 Å². The Hall–Kier alpha value is -0.380. The Labute approximate surface area is 80.3 Å². The summed E-state index contributed by atoms with van der Waals surface area (Å²) in [6.45, 7) is 0. The molecule has 3 heteroatoms. The lowest BCUT2D eigenvalue weighted by molar-refractivity contribution is -0.117. The first-order valence-electron chi connectivity index (χ1n) is 3.66. The molecule has 1 radical (unpaired) electrons. The van der Waals surface area contributed by atoms with Crippen molar-refractivity contribution in [2.24, 2.45) is 0 Å². The van der Waals surface area contributed by atoms with Crippen molar-refractivity contribution in [3.05, 3.63) is 34.3 Å². The second-order valence-corrected chi connectivity index (χ2v) is 3.32. The Morgan fingerprint density at radius 3 is 2.75 bits per heavy atom. The molecule has 2 nitrogen and oxygen atoms in total. The predicted molar refractivity (Wildman–Crippen MR) is 49.3 cm³/mol. The first-order valence-corrected chi connectivity index (χ1v) is 4.45. The van der Waals surface area contributed by atoms with Crippen LogP contribution in [0.1, 0.15) is 5.56 Å². The highest BCUT2D eigenvalue weighted by molar-refractivity contribution is 9.10. The average molecular weight is 230 g/mol. The zero-order valence-electron chi connectivity index (χ0n) is 6.79. The highest BCUT2D eigenvalue weighted by Gasteiger charge is 2.06. The minimum Gasteiger partial charge on any atom is -0.353 e. The predicted octanol–water partition coefficient (Wildman–Crippen LogP) is 2.39. The van der Waals surface area contributed by atoms with Gasteiger partial charge >= 0.3 is 0 Å². The molecule has 0 fully saturated rings. The molecule has 0 N–H and O–H groups in total. The van der Waals surface area contributed by atoms with Crippen molar-refractivity contribution in [1.29, 1.82) is 0 Å². The maximum absolute atomic E-state index is 11.0. The van der Waals surface area contributed by atoms with Gasteiger partial charge in [-0.2, -0.15) is 0 Å². The number of halogens is 1. The van der Waals surface area contributed by atoms with Crippen molar-refractivity contribution in [2.45, 2.75) is 12.7 Å². The topological polar surface area (TPSA) is 29.1 Å². The summed E-state index contributed by atoms with van der Waals surface area (Å²) < 4.78 is 5.59. The lowest BCUT2D eigenvalue weighted by atomic mass is 10.1. The van der Waals surface area contributed by atoms with Crippen LogP contribution in [0, 0.1) is 0 Å². The van der Waals surface area contributed by atoms with Gasteiger partial charge in [0.2, 0.25) is 0 Å². The SMILES string of the molecule is COC([O])Cc1ccccc1Br. The van der Waals surface area contributed by atoms with E-state index in [-0.39, 0.29) is 0 Å². The molecule has 1 rings (SSSR count). The van der Waals surface area contributed by atoms with Gasteiger partial charge in [0.15, 0.2) is 6.29 Å². The lowest BCUT2D eigenvalue weighted by Gasteiger charge is -2.07. The fraction of sp³-hybridized carbons (Fsp3) is 0.333. The largest absolute Gasteiger partial charge is 0.353 e. The van der Waals surface area contributed by atoms with Crippen LogP contribution in [0.5, 0.6) is 0 Å². The van der Waals surface area contributed by atoms with E-state index in [1.54, 1.807) is 0 Å². The second-order valence-electron chi connectivity index (χ2n) is 2.46. The summed E-state index contributed by atoms with van der Waals surface area (Å²) in [4.78, 5) is 0. The summed E-state index contributed by atoms with van der Waals surface area (Å²) in [7, 11) is 1.43. The maximum Gasteiger partial charge on any atom is 0.195 e. The van der Waals surface area contributed by atoms with E-state index in [0.717, 1.165) is 10.0 Å². The van der Waals surface area contributed by atoms with Gasteiger partial charge in [-0.1, -0.05) is 34.1 Å². The van der Waals surface area contributed by atoms with Gasteiger partial charge in [0, 0.05) is 18.0 Å². The van der Waals surface area contributed by atoms with Gasteiger partial charge in [-0.25, -0.2) is 5.11 Å². The second kappa shape index (κ2) is 4.60. The van der Waals surface area contributed by atoms with E-state index in [2.05, 4.69) is 20.7 Å². The average Bonchev–Trinajstić information content (AvgIpc) is 2.09. The van der Waals surface area contributed by atoms with E-state index < -0.39 is 6.29 Å². The molecule has 0 aliphatic carbocycles. The van der Waals surface area contributed by atoms with Crippen LogP contribution >= 0.6 is 15.9 Å². The molecule has 1 aromatic carbocycles. The third-order valence-corrected chi connectivity index (χ3v) is 2.38. The highest BCUT2D eigenvalue weighted by Crippen LogP contribution is 2.17. The van der Waals surface area contributed by atoms with Crippen molar-refractivity contribution >= 4 is 15.9 Å². The van der Waals surface area contributed by atoms with Gasteiger partial charge < -0.3 is 4.74 Å². The van der Waals surface area contributed by atoms with Gasteiger partial charge in [0.05, 0.1) is 0 Å². The molecule has 65 valence electrons. The molecule has 1 aromatic rings. The smallest absolute Gasteiger partial charge is 0.195 e. The van der Waals surface area contributed by atoms with E-state index in [1.165, 1.54) is 7.11 Å². The number of hydrogen-bond acceptors (Lipinski definition) is 1. The number of methoxy groups -OCH3 is 1. The number of rotatable bonds is 3. The quantitative estimate of drug-likeness (QED) is 0.733. The molecule has 12 heavy (non-hydrogen) atoms. The first kappa shape index (κ1) is 9.71. The van der Waals surface area contributed by atoms with Crippen molar-refractivity contribution in [1.82, 2.24) is 0 Å². The Morgan fingerprint density at radius 2 is 2.17 bits per heavy atom. The number of benzene rings is 1. The minimum atomic E-state index is -0.969. The van der Waals surface area contributed by atoms with Gasteiger partial charge in [0.25, 0.3) is 0 Å². The van der Waals surface area contributed by atoms with E-state index in [1.807, 2.05) is 24.3 Å². The van der Waals surface area contributed by atoms with Crippen molar-refractivity contribution < 1.29 is 9.84 Å². The highest BCUT2D eigenvalue weighted by atomic mass is 79.9. The van der Waals surface area contributed by atoms with Crippen molar-refractivity contribution in [3.8, 4) is 0 Å². The van der Waals surface area contributed by atoms with Crippen LogP contribution in [0.4, 0.5) is 0 Å². The Kier molecular flexibility index (Phi) is 3.72. The molecule has 0 aliphatic heterocycles. The van der Waals surface area contributed by atoms with Crippen LogP contribution in [0.15, 0.2) is 28.7 Å². The van der Waals surface area contributed by atoms with Crippen LogP contribution in [0.2, 0.25) is 0 Å². The summed E-state index contributed by atoms with van der Waals surface area (Å²) in [6, 6.07) is 7.65. The molecule has 0 aromatic heterocycles. The summed E-state index contributed by atoms with van der Waals surface area (Å²) >= 11 is 3.36. The molecule has 0 bridgehead atoms. The van der Waals surface area contributed by atoms with Crippen LogP contribution in [-0.4, -0.2) is 13.4 Å².